The van der Waals surface area contributed by atoms with E-state index in [1.807, 2.05) is 18.2 Å². The van der Waals surface area contributed by atoms with Crippen molar-refractivity contribution in [1.29, 1.82) is 0 Å². The van der Waals surface area contributed by atoms with Gasteiger partial charge in [0.25, 0.3) is 0 Å². The molecule has 0 radical (unpaired) electrons. The van der Waals surface area contributed by atoms with Gasteiger partial charge in [-0.2, -0.15) is 0 Å². The predicted molar refractivity (Wildman–Crippen MR) is 87.9 cm³/mol. The Hall–Kier alpha value is -2.22. The fourth-order valence-electron chi connectivity index (χ4n) is 2.73. The minimum absolute atomic E-state index is 0.551. The predicted octanol–water partition coefficient (Wildman–Crippen LogP) is 6.13. The summed E-state index contributed by atoms with van der Waals surface area (Å²) in [5.41, 5.74) is 2.72. The van der Waals surface area contributed by atoms with Crippen molar-refractivity contribution in [1.82, 2.24) is 0 Å². The van der Waals surface area contributed by atoms with Crippen molar-refractivity contribution in [3.8, 4) is 11.1 Å². The van der Waals surface area contributed by atoms with Gasteiger partial charge in [-0.3, -0.25) is 0 Å². The van der Waals surface area contributed by atoms with E-state index in [-0.39, 0.29) is 0 Å². The molecule has 0 amide bonds. The summed E-state index contributed by atoms with van der Waals surface area (Å²) < 4.78 is 26.7. The van der Waals surface area contributed by atoms with E-state index in [1.165, 1.54) is 30.5 Å². The van der Waals surface area contributed by atoms with Gasteiger partial charge in [-0.25, -0.2) is 8.78 Å². The van der Waals surface area contributed by atoms with Gasteiger partial charge < -0.3 is 0 Å². The van der Waals surface area contributed by atoms with Crippen LogP contribution in [0.2, 0.25) is 0 Å². The lowest BCUT2D eigenvalue weighted by molar-refractivity contribution is 0.584. The fraction of sp³-hybridized carbons (Fsp3) is 0.200. The molecule has 0 spiro atoms. The van der Waals surface area contributed by atoms with E-state index >= 15 is 0 Å². The SMILES string of the molecule is CCCCc1ccc2cc(-c3cc(F)cc(F)c3)ccc2c1. The van der Waals surface area contributed by atoms with E-state index in [2.05, 4.69) is 25.1 Å². The van der Waals surface area contributed by atoms with Crippen LogP contribution in [0.3, 0.4) is 0 Å². The molecule has 3 aromatic rings. The van der Waals surface area contributed by atoms with Crippen LogP contribution in [0.25, 0.3) is 21.9 Å². The molecule has 22 heavy (non-hydrogen) atoms. The zero-order valence-corrected chi connectivity index (χ0v) is 12.6. The molecule has 2 heteroatoms. The smallest absolute Gasteiger partial charge is 0.126 e. The number of hydrogen-bond acceptors (Lipinski definition) is 0. The summed E-state index contributed by atoms with van der Waals surface area (Å²) in [6.45, 7) is 2.19. The Morgan fingerprint density at radius 2 is 1.41 bits per heavy atom. The van der Waals surface area contributed by atoms with Gasteiger partial charge in [0.2, 0.25) is 0 Å². The molecule has 0 aliphatic rings. The van der Waals surface area contributed by atoms with Gasteiger partial charge in [-0.15, -0.1) is 0 Å². The van der Waals surface area contributed by atoms with E-state index in [0.717, 1.165) is 28.8 Å². The zero-order valence-electron chi connectivity index (χ0n) is 12.6. The maximum Gasteiger partial charge on any atom is 0.126 e. The van der Waals surface area contributed by atoms with Crippen LogP contribution in [0.1, 0.15) is 25.3 Å². The molecule has 0 heterocycles. The second-order valence-electron chi connectivity index (χ2n) is 5.66. The molecule has 0 atom stereocenters. The highest BCUT2D eigenvalue weighted by Crippen LogP contribution is 2.26. The number of fused-ring (bicyclic) bond motifs is 1. The van der Waals surface area contributed by atoms with Gasteiger partial charge >= 0.3 is 0 Å². The maximum atomic E-state index is 13.4. The summed E-state index contributed by atoms with van der Waals surface area (Å²) in [4.78, 5) is 0. The van der Waals surface area contributed by atoms with E-state index in [9.17, 15) is 8.78 Å². The largest absolute Gasteiger partial charge is 0.207 e. The van der Waals surface area contributed by atoms with Crippen LogP contribution in [-0.2, 0) is 6.42 Å². The lowest BCUT2D eigenvalue weighted by Crippen LogP contribution is -1.87. The van der Waals surface area contributed by atoms with Crippen molar-refractivity contribution >= 4 is 10.8 Å². The van der Waals surface area contributed by atoms with Gasteiger partial charge in [0, 0.05) is 6.07 Å². The van der Waals surface area contributed by atoms with Crippen molar-refractivity contribution in [2.24, 2.45) is 0 Å². The molecule has 0 aliphatic carbocycles. The minimum atomic E-state index is -0.551. The van der Waals surface area contributed by atoms with Crippen LogP contribution in [0.15, 0.2) is 54.6 Å². The standard InChI is InChI=1S/C20H18F2/c1-2-3-4-14-5-6-16-10-17(8-7-15(16)9-14)18-11-19(21)13-20(22)12-18/h5-13H,2-4H2,1H3. The Bertz CT molecular complexity index is 786. The van der Waals surface area contributed by atoms with Crippen LogP contribution in [0, 0.1) is 11.6 Å². The Morgan fingerprint density at radius 1 is 0.727 bits per heavy atom. The van der Waals surface area contributed by atoms with E-state index < -0.39 is 11.6 Å². The van der Waals surface area contributed by atoms with Crippen molar-refractivity contribution in [2.45, 2.75) is 26.2 Å². The Morgan fingerprint density at radius 3 is 2.14 bits per heavy atom. The first-order chi connectivity index (χ1) is 10.7. The van der Waals surface area contributed by atoms with Crippen LogP contribution in [-0.4, -0.2) is 0 Å². The third-order valence-corrected chi connectivity index (χ3v) is 3.92. The first-order valence-corrected chi connectivity index (χ1v) is 7.65. The molecular formula is C20H18F2. The zero-order chi connectivity index (χ0) is 15.5. The number of rotatable bonds is 4. The summed E-state index contributed by atoms with van der Waals surface area (Å²) in [6.07, 6.45) is 3.46. The van der Waals surface area contributed by atoms with Crippen molar-refractivity contribution in [3.05, 3.63) is 71.8 Å². The molecule has 0 bridgehead atoms. The van der Waals surface area contributed by atoms with E-state index in [0.29, 0.717) is 5.56 Å². The third-order valence-electron chi connectivity index (χ3n) is 3.92. The quantitative estimate of drug-likeness (QED) is 0.543. The Labute approximate surface area is 129 Å². The number of aryl methyl sites for hydroxylation is 1. The average molecular weight is 296 g/mol. The number of halogens is 2. The molecule has 3 rings (SSSR count). The van der Waals surface area contributed by atoms with Crippen molar-refractivity contribution in [3.63, 3.8) is 0 Å². The molecule has 3 aromatic carbocycles. The van der Waals surface area contributed by atoms with Crippen LogP contribution in [0.5, 0.6) is 0 Å². The molecule has 0 saturated carbocycles. The van der Waals surface area contributed by atoms with Gasteiger partial charge in [-0.1, -0.05) is 43.7 Å². The van der Waals surface area contributed by atoms with E-state index in [4.69, 9.17) is 0 Å². The second kappa shape index (κ2) is 6.27. The lowest BCUT2D eigenvalue weighted by atomic mass is 9.98. The summed E-state index contributed by atoms with van der Waals surface area (Å²) >= 11 is 0. The highest BCUT2D eigenvalue weighted by Gasteiger charge is 2.05. The maximum absolute atomic E-state index is 13.4. The van der Waals surface area contributed by atoms with Crippen molar-refractivity contribution < 1.29 is 8.78 Å². The average Bonchev–Trinajstić information content (AvgIpc) is 2.51. The molecule has 0 fully saturated rings. The van der Waals surface area contributed by atoms with Crippen LogP contribution < -0.4 is 0 Å². The molecule has 0 unspecified atom stereocenters. The van der Waals surface area contributed by atoms with Crippen LogP contribution in [0.4, 0.5) is 8.78 Å². The Balaban J connectivity index is 1.99. The summed E-state index contributed by atoms with van der Waals surface area (Å²) in [6, 6.07) is 15.9. The van der Waals surface area contributed by atoms with Crippen molar-refractivity contribution in [2.75, 3.05) is 0 Å². The number of unbranched alkanes of at least 4 members (excludes halogenated alkanes) is 1. The molecule has 0 aromatic heterocycles. The summed E-state index contributed by atoms with van der Waals surface area (Å²) in [5.74, 6) is -1.10. The monoisotopic (exact) mass is 296 g/mol. The van der Waals surface area contributed by atoms with Gasteiger partial charge in [-0.05, 0) is 58.5 Å². The molecule has 0 nitrogen and oxygen atoms in total. The van der Waals surface area contributed by atoms with Crippen LogP contribution >= 0.6 is 0 Å². The molecule has 112 valence electrons. The number of hydrogen-bond donors (Lipinski definition) is 0. The first-order valence-electron chi connectivity index (χ1n) is 7.65. The molecule has 0 N–H and O–H groups in total. The Kier molecular flexibility index (Phi) is 4.19. The van der Waals surface area contributed by atoms with Gasteiger partial charge in [0.15, 0.2) is 0 Å². The molecule has 0 saturated heterocycles. The third kappa shape index (κ3) is 3.16. The van der Waals surface area contributed by atoms with E-state index in [1.54, 1.807) is 0 Å². The number of benzene rings is 3. The lowest BCUT2D eigenvalue weighted by Gasteiger charge is -2.07. The topological polar surface area (TPSA) is 0 Å². The van der Waals surface area contributed by atoms with Gasteiger partial charge in [0.05, 0.1) is 0 Å². The first kappa shape index (κ1) is 14.7. The second-order valence-corrected chi connectivity index (χ2v) is 5.66. The highest BCUT2D eigenvalue weighted by molar-refractivity contribution is 5.87. The normalized spacial score (nSPS) is 11.0. The minimum Gasteiger partial charge on any atom is -0.207 e. The molecular weight excluding hydrogens is 278 g/mol. The molecule has 0 aliphatic heterocycles. The van der Waals surface area contributed by atoms with Gasteiger partial charge in [0.1, 0.15) is 11.6 Å². The fourth-order valence-corrected chi connectivity index (χ4v) is 2.73. The summed E-state index contributed by atoms with van der Waals surface area (Å²) in [7, 11) is 0. The highest BCUT2D eigenvalue weighted by atomic mass is 19.1. The summed E-state index contributed by atoms with van der Waals surface area (Å²) in [5, 5.41) is 2.25.